The van der Waals surface area contributed by atoms with Gasteiger partial charge in [0.05, 0.1) is 70.3 Å². The zero-order valence-corrected chi connectivity index (χ0v) is 42.1. The number of ether oxygens (including phenoxy) is 2. The number of anilines is 2. The average Bonchev–Trinajstić information content (AvgIpc) is 3.39. The molecule has 2 atom stereocenters. The van der Waals surface area contributed by atoms with Crippen molar-refractivity contribution in [3.63, 3.8) is 0 Å². The number of rotatable bonds is 16. The van der Waals surface area contributed by atoms with Gasteiger partial charge in [0, 0.05) is 50.7 Å². The van der Waals surface area contributed by atoms with Crippen molar-refractivity contribution >= 4 is 65.0 Å². The molecule has 0 bridgehead atoms. The molecule has 0 radical (unpaired) electrons. The van der Waals surface area contributed by atoms with E-state index in [4.69, 9.17) is 9.47 Å². The fraction of sp³-hybridized carbons (Fsp3) is 0.200. The molecule has 4 aromatic carbocycles. The monoisotopic (exact) mass is 1050 g/mol. The highest BCUT2D eigenvalue weighted by molar-refractivity contribution is 7.93. The number of sulfonamides is 2. The Bertz CT molecular complexity index is 3560. The number of methoxy groups -OCH3 is 2. The lowest BCUT2D eigenvalue weighted by Gasteiger charge is -2.14. The number of benzene rings is 4. The number of carbonyl (C=O) groups excluding carboxylic acids is 2. The van der Waals surface area contributed by atoms with Crippen LogP contribution in [-0.4, -0.2) is 86.0 Å². The number of hydrogen-bond donors (Lipinski definition) is 4. The largest absolute Gasteiger partial charge is 0.480 e. The Balaban J connectivity index is 0.000000216. The number of hydrogen-bond acceptors (Lipinski definition) is 14. The van der Waals surface area contributed by atoms with Crippen LogP contribution in [0, 0.1) is 23.5 Å². The van der Waals surface area contributed by atoms with Gasteiger partial charge in [-0.1, -0.05) is 38.1 Å². The molecule has 384 valence electrons. The maximum atomic E-state index is 13.6. The topological polar surface area (TPSA) is 265 Å². The van der Waals surface area contributed by atoms with Crippen LogP contribution < -0.4 is 40.7 Å². The first-order valence-electron chi connectivity index (χ1n) is 22.3. The Morgan fingerprint density at radius 3 is 1.31 bits per heavy atom. The summed E-state index contributed by atoms with van der Waals surface area (Å²) in [6.45, 7) is 3.73. The van der Waals surface area contributed by atoms with Gasteiger partial charge in [0.1, 0.15) is 23.0 Å². The van der Waals surface area contributed by atoms with E-state index in [9.17, 15) is 44.8 Å². The van der Waals surface area contributed by atoms with Crippen LogP contribution in [0.1, 0.15) is 13.8 Å². The molecule has 4 heterocycles. The summed E-state index contributed by atoms with van der Waals surface area (Å²) in [5.74, 6) is -2.64. The third-order valence-corrected chi connectivity index (χ3v) is 14.2. The average molecular weight is 1050 g/mol. The minimum atomic E-state index is -4.14. The first kappa shape index (κ1) is 53.2. The van der Waals surface area contributed by atoms with Gasteiger partial charge in [-0.25, -0.2) is 45.6 Å². The third kappa shape index (κ3) is 12.0. The minimum Gasteiger partial charge on any atom is -0.480 e. The summed E-state index contributed by atoms with van der Waals surface area (Å²) in [5.41, 5.74) is 2.49. The predicted molar refractivity (Wildman–Crippen MR) is 272 cm³/mol. The summed E-state index contributed by atoms with van der Waals surface area (Å²) >= 11 is 0. The van der Waals surface area contributed by atoms with Crippen molar-refractivity contribution in [1.82, 2.24) is 39.7 Å². The van der Waals surface area contributed by atoms with Gasteiger partial charge in [-0.05, 0) is 83.9 Å². The van der Waals surface area contributed by atoms with E-state index in [2.05, 4.69) is 40.0 Å². The normalized spacial score (nSPS) is 12.2. The molecule has 0 spiro atoms. The number of amides is 2. The Morgan fingerprint density at radius 1 is 0.568 bits per heavy atom. The summed E-state index contributed by atoms with van der Waals surface area (Å²) in [5, 5.41) is 5.76. The van der Waals surface area contributed by atoms with Crippen molar-refractivity contribution in [3.05, 3.63) is 154 Å². The summed E-state index contributed by atoms with van der Waals surface area (Å²) in [4.78, 5) is 66.5. The van der Waals surface area contributed by atoms with E-state index in [1.54, 1.807) is 50.2 Å². The lowest BCUT2D eigenvalue weighted by molar-refractivity contribution is -0.125. The zero-order chi connectivity index (χ0) is 53.5. The van der Waals surface area contributed by atoms with E-state index in [0.29, 0.717) is 44.1 Å². The van der Waals surface area contributed by atoms with E-state index >= 15 is 0 Å². The quantitative estimate of drug-likeness (QED) is 0.0921. The molecule has 4 N–H and O–H groups in total. The molecule has 0 saturated heterocycles. The van der Waals surface area contributed by atoms with Gasteiger partial charge < -0.3 is 20.1 Å². The highest BCUT2D eigenvalue weighted by Crippen LogP contribution is 2.33. The Hall–Kier alpha value is -8.64. The first-order chi connectivity index (χ1) is 35.2. The van der Waals surface area contributed by atoms with Crippen LogP contribution in [0.2, 0.25) is 0 Å². The number of pyridine rings is 2. The smallest absolute Gasteiger partial charge is 0.262 e. The SMILES string of the molecule is CNC(=O)[C@@H](C)Cn1cnc2ccc(-c3cnc(OC)c(NS(=O)(=O)c4cccc(F)c4)c3)cc2c1=O.CNC(=O)[C@H](C)Cn1cnc2ccc(-c3cnc(OC)c(NS(=O)(=O)c4cccc(F)c4)c3)cc2c1=O. The molecule has 24 heteroatoms. The fourth-order valence-corrected chi connectivity index (χ4v) is 9.71. The number of nitrogens with one attached hydrogen (secondary N) is 4. The van der Waals surface area contributed by atoms with Crippen LogP contribution in [0.25, 0.3) is 44.1 Å². The van der Waals surface area contributed by atoms with Crippen molar-refractivity contribution in [2.45, 2.75) is 36.7 Å². The Kier molecular flexibility index (Phi) is 16.1. The van der Waals surface area contributed by atoms with Crippen LogP contribution in [-0.2, 0) is 42.7 Å². The van der Waals surface area contributed by atoms with Gasteiger partial charge in [0.2, 0.25) is 23.6 Å². The van der Waals surface area contributed by atoms with E-state index in [-0.39, 0.29) is 68.9 Å². The van der Waals surface area contributed by atoms with Gasteiger partial charge in [0.15, 0.2) is 0 Å². The van der Waals surface area contributed by atoms with Gasteiger partial charge in [-0.2, -0.15) is 0 Å². The summed E-state index contributed by atoms with van der Waals surface area (Å²) < 4.78 is 96.5. The molecule has 0 aliphatic carbocycles. The minimum absolute atomic E-state index is 0.0109. The van der Waals surface area contributed by atoms with Crippen LogP contribution >= 0.6 is 0 Å². The van der Waals surface area contributed by atoms with Crippen molar-refractivity contribution in [2.75, 3.05) is 37.8 Å². The van der Waals surface area contributed by atoms with Crippen LogP contribution in [0.3, 0.4) is 0 Å². The molecule has 0 saturated carbocycles. The molecular formula is C50H48F2N10O10S2. The van der Waals surface area contributed by atoms with Crippen LogP contribution in [0.5, 0.6) is 11.8 Å². The molecule has 0 aliphatic rings. The zero-order valence-electron chi connectivity index (χ0n) is 40.5. The molecular weight excluding hydrogens is 1000 g/mol. The van der Waals surface area contributed by atoms with Crippen molar-refractivity contribution in [2.24, 2.45) is 11.8 Å². The second kappa shape index (κ2) is 22.4. The van der Waals surface area contributed by atoms with E-state index in [0.717, 1.165) is 24.3 Å². The standard InChI is InChI=1S/2C25H24FN5O5S/c2*1-15(23(32)27-2)13-31-14-29-21-8-7-16(9-20(21)25(31)33)17-10-22(24(36-3)28-12-17)30-37(34,35)19-6-4-5-18(26)11-19/h2*4-12,14-15,30H,13H2,1-3H3,(H,27,32)/t2*15-/m10/s1. The second-order valence-corrected chi connectivity index (χ2v) is 20.0. The summed E-state index contributed by atoms with van der Waals surface area (Å²) in [6, 6.07) is 22.2. The summed E-state index contributed by atoms with van der Waals surface area (Å²) in [7, 11) is -2.54. The third-order valence-electron chi connectivity index (χ3n) is 11.4. The van der Waals surface area contributed by atoms with Crippen molar-refractivity contribution in [1.29, 1.82) is 0 Å². The number of nitrogens with zero attached hydrogens (tertiary/aromatic N) is 6. The van der Waals surface area contributed by atoms with Crippen LogP contribution in [0.15, 0.2) is 141 Å². The highest BCUT2D eigenvalue weighted by Gasteiger charge is 2.22. The van der Waals surface area contributed by atoms with Gasteiger partial charge in [0.25, 0.3) is 31.2 Å². The second-order valence-electron chi connectivity index (χ2n) is 16.6. The van der Waals surface area contributed by atoms with Crippen molar-refractivity contribution < 1.29 is 44.7 Å². The van der Waals surface area contributed by atoms with Crippen molar-refractivity contribution in [3.8, 4) is 34.0 Å². The first-order valence-corrected chi connectivity index (χ1v) is 25.3. The lowest BCUT2D eigenvalue weighted by Crippen LogP contribution is -2.32. The fourth-order valence-electron chi connectivity index (χ4n) is 7.55. The molecule has 0 unspecified atom stereocenters. The number of fused-ring (bicyclic) bond motifs is 2. The Morgan fingerprint density at radius 2 is 0.959 bits per heavy atom. The van der Waals surface area contributed by atoms with E-state index < -0.39 is 43.5 Å². The lowest BCUT2D eigenvalue weighted by atomic mass is 10.0. The maximum Gasteiger partial charge on any atom is 0.262 e. The molecule has 74 heavy (non-hydrogen) atoms. The number of halogens is 2. The van der Waals surface area contributed by atoms with Gasteiger partial charge in [-0.15, -0.1) is 0 Å². The molecule has 8 rings (SSSR count). The predicted octanol–water partition coefficient (Wildman–Crippen LogP) is 5.58. The highest BCUT2D eigenvalue weighted by atomic mass is 32.2. The number of aromatic nitrogens is 6. The van der Waals surface area contributed by atoms with Gasteiger partial charge >= 0.3 is 0 Å². The van der Waals surface area contributed by atoms with E-state index in [1.165, 1.54) is 98.9 Å². The maximum absolute atomic E-state index is 13.6. The summed E-state index contributed by atoms with van der Waals surface area (Å²) in [6.07, 6.45) is 5.75. The van der Waals surface area contributed by atoms with Gasteiger partial charge in [-0.3, -0.25) is 37.8 Å². The van der Waals surface area contributed by atoms with Crippen LogP contribution in [0.4, 0.5) is 20.2 Å². The molecule has 0 fully saturated rings. The molecule has 4 aromatic heterocycles. The molecule has 20 nitrogen and oxygen atoms in total. The molecule has 8 aromatic rings. The number of carbonyl (C=O) groups is 2. The van der Waals surface area contributed by atoms with E-state index in [1.807, 2.05) is 0 Å². The Labute approximate surface area is 422 Å². The molecule has 0 aliphatic heterocycles. The molecule has 2 amide bonds.